The zero-order valence-electron chi connectivity index (χ0n) is 15.0. The lowest BCUT2D eigenvalue weighted by Gasteiger charge is -2.07. The molecule has 0 unspecified atom stereocenters. The zero-order chi connectivity index (χ0) is 19.9. The van der Waals surface area contributed by atoms with E-state index in [4.69, 9.17) is 11.6 Å². The fourth-order valence-corrected chi connectivity index (χ4v) is 3.32. The number of rotatable bonds is 7. The molecule has 0 atom stereocenters. The molecular weight excluding hydrogens is 398 g/mol. The first kappa shape index (κ1) is 19.9. The van der Waals surface area contributed by atoms with Gasteiger partial charge in [0.05, 0.1) is 12.0 Å². The first-order valence-corrected chi connectivity index (χ1v) is 9.86. The van der Waals surface area contributed by atoms with Crippen LogP contribution in [0.25, 0.3) is 11.4 Å². The normalized spacial score (nSPS) is 11.1. The van der Waals surface area contributed by atoms with Crippen molar-refractivity contribution < 1.29 is 9.90 Å². The maximum absolute atomic E-state index is 12.0. The highest BCUT2D eigenvalue weighted by atomic mass is 35.5. The number of hydrazone groups is 1. The molecule has 0 aliphatic rings. The number of benzene rings is 2. The topological polar surface area (TPSA) is 92.4 Å². The first-order chi connectivity index (χ1) is 13.6. The third kappa shape index (κ3) is 5.11. The van der Waals surface area contributed by atoms with Crippen LogP contribution in [0, 0.1) is 0 Å². The summed E-state index contributed by atoms with van der Waals surface area (Å²) in [6.45, 7) is 2.67. The molecule has 1 aromatic heterocycles. The van der Waals surface area contributed by atoms with Gasteiger partial charge in [0.15, 0.2) is 11.0 Å². The Morgan fingerprint density at radius 3 is 2.61 bits per heavy atom. The average Bonchev–Trinajstić information content (AvgIpc) is 3.11. The van der Waals surface area contributed by atoms with E-state index in [9.17, 15) is 9.90 Å². The first-order valence-electron chi connectivity index (χ1n) is 8.49. The molecule has 0 radical (unpaired) electrons. The third-order valence-corrected chi connectivity index (χ3v) is 4.98. The van der Waals surface area contributed by atoms with Crippen LogP contribution in [0.4, 0.5) is 0 Å². The zero-order valence-corrected chi connectivity index (χ0v) is 16.6. The number of aromatic nitrogens is 3. The van der Waals surface area contributed by atoms with Gasteiger partial charge in [-0.25, -0.2) is 5.43 Å². The lowest BCUT2D eigenvalue weighted by Crippen LogP contribution is -2.20. The molecule has 1 amide bonds. The SMILES string of the molecule is CCn1c(SCC(=O)N/N=C/c2ccc(O)cc2)nnc1-c1ccc(Cl)cc1. The minimum Gasteiger partial charge on any atom is -0.508 e. The van der Waals surface area contributed by atoms with E-state index >= 15 is 0 Å². The Bertz CT molecular complexity index is 971. The lowest BCUT2D eigenvalue weighted by molar-refractivity contribution is -0.118. The number of aromatic hydroxyl groups is 1. The number of halogens is 1. The van der Waals surface area contributed by atoms with Gasteiger partial charge in [0, 0.05) is 17.1 Å². The monoisotopic (exact) mass is 415 g/mol. The summed E-state index contributed by atoms with van der Waals surface area (Å²) in [6, 6.07) is 13.9. The van der Waals surface area contributed by atoms with Crippen LogP contribution >= 0.6 is 23.4 Å². The molecule has 144 valence electrons. The number of phenolic OH excluding ortho intramolecular Hbond substituents is 1. The fraction of sp³-hybridized carbons (Fsp3) is 0.158. The van der Waals surface area contributed by atoms with Gasteiger partial charge in [-0.2, -0.15) is 5.10 Å². The highest BCUT2D eigenvalue weighted by molar-refractivity contribution is 7.99. The Morgan fingerprint density at radius 1 is 1.21 bits per heavy atom. The van der Waals surface area contributed by atoms with Crippen LogP contribution in [0.15, 0.2) is 58.8 Å². The van der Waals surface area contributed by atoms with E-state index in [1.165, 1.54) is 18.0 Å². The van der Waals surface area contributed by atoms with Crippen LogP contribution in [0.5, 0.6) is 5.75 Å². The molecule has 9 heteroatoms. The van der Waals surface area contributed by atoms with Crippen LogP contribution in [-0.2, 0) is 11.3 Å². The van der Waals surface area contributed by atoms with Gasteiger partial charge in [-0.3, -0.25) is 4.79 Å². The van der Waals surface area contributed by atoms with Gasteiger partial charge in [-0.05, 0) is 61.0 Å². The number of hydrogen-bond acceptors (Lipinski definition) is 6. The van der Waals surface area contributed by atoms with Gasteiger partial charge < -0.3 is 9.67 Å². The molecule has 7 nitrogen and oxygen atoms in total. The van der Waals surface area contributed by atoms with Crippen molar-refractivity contribution in [3.05, 3.63) is 59.1 Å². The highest BCUT2D eigenvalue weighted by Gasteiger charge is 2.14. The van der Waals surface area contributed by atoms with Gasteiger partial charge in [0.2, 0.25) is 0 Å². The van der Waals surface area contributed by atoms with Crippen molar-refractivity contribution in [2.75, 3.05) is 5.75 Å². The predicted molar refractivity (Wildman–Crippen MR) is 111 cm³/mol. The largest absolute Gasteiger partial charge is 0.508 e. The van der Waals surface area contributed by atoms with Crippen LogP contribution in [-0.4, -0.2) is 37.7 Å². The summed E-state index contributed by atoms with van der Waals surface area (Å²) in [5.74, 6) is 0.813. The van der Waals surface area contributed by atoms with Crippen LogP contribution < -0.4 is 5.43 Å². The fourth-order valence-electron chi connectivity index (χ4n) is 2.39. The van der Waals surface area contributed by atoms with Crippen molar-refractivity contribution in [3.63, 3.8) is 0 Å². The van der Waals surface area contributed by atoms with E-state index in [1.54, 1.807) is 36.4 Å². The summed E-state index contributed by atoms with van der Waals surface area (Å²) in [5.41, 5.74) is 4.15. The van der Waals surface area contributed by atoms with Crippen molar-refractivity contribution in [2.24, 2.45) is 5.10 Å². The van der Waals surface area contributed by atoms with Gasteiger partial charge in [-0.15, -0.1) is 10.2 Å². The molecule has 0 fully saturated rings. The van der Waals surface area contributed by atoms with Crippen molar-refractivity contribution in [1.82, 2.24) is 20.2 Å². The molecule has 0 bridgehead atoms. The van der Waals surface area contributed by atoms with E-state index < -0.39 is 0 Å². The average molecular weight is 416 g/mol. The Kier molecular flexibility index (Phi) is 6.67. The number of phenols is 1. The second-order valence-electron chi connectivity index (χ2n) is 5.73. The maximum atomic E-state index is 12.0. The minimum atomic E-state index is -0.251. The third-order valence-electron chi connectivity index (χ3n) is 3.76. The molecule has 0 aliphatic carbocycles. The summed E-state index contributed by atoms with van der Waals surface area (Å²) < 4.78 is 1.95. The van der Waals surface area contributed by atoms with E-state index in [-0.39, 0.29) is 17.4 Å². The highest BCUT2D eigenvalue weighted by Crippen LogP contribution is 2.25. The summed E-state index contributed by atoms with van der Waals surface area (Å²) in [5, 5.41) is 22.9. The van der Waals surface area contributed by atoms with E-state index in [2.05, 4.69) is 20.7 Å². The number of thioether (sulfide) groups is 1. The van der Waals surface area contributed by atoms with Gasteiger partial charge in [0.1, 0.15) is 5.75 Å². The molecule has 0 saturated heterocycles. The number of carbonyl (C=O) groups is 1. The molecular formula is C19H18ClN5O2S. The van der Waals surface area contributed by atoms with Crippen molar-refractivity contribution in [1.29, 1.82) is 0 Å². The Labute approximate surface area is 171 Å². The van der Waals surface area contributed by atoms with Crippen molar-refractivity contribution >= 4 is 35.5 Å². The van der Waals surface area contributed by atoms with Crippen LogP contribution in [0.1, 0.15) is 12.5 Å². The summed E-state index contributed by atoms with van der Waals surface area (Å²) in [6.07, 6.45) is 1.51. The van der Waals surface area contributed by atoms with E-state index in [0.29, 0.717) is 16.7 Å². The second kappa shape index (κ2) is 9.38. The van der Waals surface area contributed by atoms with E-state index in [1.807, 2.05) is 23.6 Å². The number of carbonyl (C=O) groups excluding carboxylic acids is 1. The molecule has 3 rings (SSSR count). The van der Waals surface area contributed by atoms with Crippen LogP contribution in [0.2, 0.25) is 5.02 Å². The van der Waals surface area contributed by atoms with E-state index in [0.717, 1.165) is 17.0 Å². The Balaban J connectivity index is 1.58. The molecule has 0 saturated carbocycles. The lowest BCUT2D eigenvalue weighted by atomic mass is 10.2. The summed E-state index contributed by atoms with van der Waals surface area (Å²) >= 11 is 7.23. The number of hydrogen-bond donors (Lipinski definition) is 2. The number of amides is 1. The molecule has 0 spiro atoms. The summed E-state index contributed by atoms with van der Waals surface area (Å²) in [4.78, 5) is 12.0. The van der Waals surface area contributed by atoms with Crippen molar-refractivity contribution in [3.8, 4) is 17.1 Å². The minimum absolute atomic E-state index is 0.158. The predicted octanol–water partition coefficient (Wildman–Crippen LogP) is 3.57. The van der Waals surface area contributed by atoms with Gasteiger partial charge >= 0.3 is 0 Å². The quantitative estimate of drug-likeness (QED) is 0.349. The summed E-state index contributed by atoms with van der Waals surface area (Å²) in [7, 11) is 0. The molecule has 1 heterocycles. The molecule has 2 N–H and O–H groups in total. The van der Waals surface area contributed by atoms with Crippen LogP contribution in [0.3, 0.4) is 0 Å². The van der Waals surface area contributed by atoms with Crippen molar-refractivity contribution in [2.45, 2.75) is 18.6 Å². The maximum Gasteiger partial charge on any atom is 0.250 e. The molecule has 2 aromatic carbocycles. The smallest absolute Gasteiger partial charge is 0.250 e. The molecule has 3 aromatic rings. The number of nitrogens with one attached hydrogen (secondary N) is 1. The van der Waals surface area contributed by atoms with Gasteiger partial charge in [0.25, 0.3) is 5.91 Å². The Hall–Kier alpha value is -2.84. The molecule has 28 heavy (non-hydrogen) atoms. The van der Waals surface area contributed by atoms with Gasteiger partial charge in [-0.1, -0.05) is 23.4 Å². The molecule has 0 aliphatic heterocycles. The second-order valence-corrected chi connectivity index (χ2v) is 7.11. The standard InChI is InChI=1S/C19H18ClN5O2S/c1-2-25-18(14-5-7-15(20)8-6-14)23-24-19(25)28-12-17(27)22-21-11-13-3-9-16(26)10-4-13/h3-11,26H,2,12H2,1H3,(H,22,27)/b21-11+. The Morgan fingerprint density at radius 2 is 1.93 bits per heavy atom. The number of nitrogens with zero attached hydrogens (tertiary/aromatic N) is 4.